The first kappa shape index (κ1) is 21.5. The number of hydrogen-bond donors (Lipinski definition) is 4. The molecule has 1 amide bonds. The molecule has 0 aromatic rings. The summed E-state index contributed by atoms with van der Waals surface area (Å²) in [7, 11) is 1.86. The zero-order chi connectivity index (χ0) is 17.4. The van der Waals surface area contributed by atoms with Crippen LogP contribution in [0.5, 0.6) is 0 Å². The summed E-state index contributed by atoms with van der Waals surface area (Å²) in [5, 5.41) is 9.09. The van der Waals surface area contributed by atoms with Gasteiger partial charge in [0.05, 0.1) is 12.1 Å². The maximum absolute atomic E-state index is 12.0. The van der Waals surface area contributed by atoms with Gasteiger partial charge >= 0.3 is 0 Å². The highest BCUT2D eigenvalue weighted by atomic mass is 28.4. The van der Waals surface area contributed by atoms with E-state index in [9.17, 15) is 4.79 Å². The molecule has 0 bridgehead atoms. The van der Waals surface area contributed by atoms with E-state index in [0.29, 0.717) is 19.5 Å². The molecular formula is C15H36N4O2Si. The number of nitrogens with one attached hydrogen (secondary N) is 3. The minimum atomic E-state index is -1.88. The van der Waals surface area contributed by atoms with Crippen LogP contribution in [0.3, 0.4) is 0 Å². The number of likely N-dealkylation sites (N-methyl/N-ethyl adjacent to an activating group) is 2. The van der Waals surface area contributed by atoms with Crippen molar-refractivity contribution in [2.45, 2.75) is 57.5 Å². The molecule has 22 heavy (non-hydrogen) atoms. The van der Waals surface area contributed by atoms with E-state index in [-0.39, 0.29) is 17.0 Å². The minimum absolute atomic E-state index is 0.0454. The highest BCUT2D eigenvalue weighted by Crippen LogP contribution is 2.37. The first-order valence-corrected chi connectivity index (χ1v) is 11.0. The minimum Gasteiger partial charge on any atom is -0.413 e. The van der Waals surface area contributed by atoms with Crippen molar-refractivity contribution < 1.29 is 9.22 Å². The average Bonchev–Trinajstić information content (AvgIpc) is 2.37. The Morgan fingerprint density at radius 3 is 2.23 bits per heavy atom. The third-order valence-corrected chi connectivity index (χ3v) is 8.76. The zero-order valence-electron chi connectivity index (χ0n) is 15.4. The molecular weight excluding hydrogens is 296 g/mol. The van der Waals surface area contributed by atoms with Crippen molar-refractivity contribution in [2.24, 2.45) is 5.73 Å². The predicted molar refractivity (Wildman–Crippen MR) is 95.5 cm³/mol. The molecule has 0 spiro atoms. The fourth-order valence-electron chi connectivity index (χ4n) is 1.83. The highest BCUT2D eigenvalue weighted by Gasteiger charge is 2.39. The summed E-state index contributed by atoms with van der Waals surface area (Å²) in [5.74, 6) is -0.116. The van der Waals surface area contributed by atoms with Crippen LogP contribution in [0.2, 0.25) is 18.1 Å². The molecule has 0 unspecified atom stereocenters. The lowest BCUT2D eigenvalue weighted by Crippen LogP contribution is -2.50. The molecule has 5 N–H and O–H groups in total. The lowest BCUT2D eigenvalue weighted by Gasteiger charge is -2.39. The second-order valence-electron chi connectivity index (χ2n) is 7.29. The Balaban J connectivity index is 4.60. The van der Waals surface area contributed by atoms with Gasteiger partial charge in [-0.05, 0) is 38.6 Å². The van der Waals surface area contributed by atoms with Crippen molar-refractivity contribution in [3.8, 4) is 0 Å². The normalized spacial score (nSPS) is 15.5. The highest BCUT2D eigenvalue weighted by molar-refractivity contribution is 6.74. The SMILES string of the molecule is CNCCNC(=O)[C@@H](N)C[C@H](CNC)O[Si](C)(C)C(C)(C)C. The number of carbonyl (C=O) groups is 1. The summed E-state index contributed by atoms with van der Waals surface area (Å²) in [5.41, 5.74) is 6.03. The van der Waals surface area contributed by atoms with Crippen LogP contribution < -0.4 is 21.7 Å². The summed E-state index contributed by atoms with van der Waals surface area (Å²) in [6, 6.07) is -0.542. The third kappa shape index (κ3) is 7.69. The van der Waals surface area contributed by atoms with Gasteiger partial charge in [-0.25, -0.2) is 0 Å². The topological polar surface area (TPSA) is 88.4 Å². The zero-order valence-corrected chi connectivity index (χ0v) is 16.4. The summed E-state index contributed by atoms with van der Waals surface area (Å²) in [6.07, 6.45) is 0.481. The lowest BCUT2D eigenvalue weighted by molar-refractivity contribution is -0.122. The van der Waals surface area contributed by atoms with E-state index in [0.717, 1.165) is 6.54 Å². The molecule has 0 aliphatic rings. The fraction of sp³-hybridized carbons (Fsp3) is 0.933. The van der Waals surface area contributed by atoms with Gasteiger partial charge in [-0.1, -0.05) is 20.8 Å². The molecule has 0 fully saturated rings. The van der Waals surface area contributed by atoms with Crippen molar-refractivity contribution in [1.82, 2.24) is 16.0 Å². The smallest absolute Gasteiger partial charge is 0.237 e. The van der Waals surface area contributed by atoms with Crippen LogP contribution in [0.25, 0.3) is 0 Å². The van der Waals surface area contributed by atoms with Gasteiger partial charge in [0.15, 0.2) is 8.32 Å². The first-order chi connectivity index (χ1) is 10.0. The largest absolute Gasteiger partial charge is 0.413 e. The van der Waals surface area contributed by atoms with E-state index in [2.05, 4.69) is 49.8 Å². The molecule has 0 aromatic heterocycles. The van der Waals surface area contributed by atoms with E-state index in [1.807, 2.05) is 14.1 Å². The van der Waals surface area contributed by atoms with Gasteiger partial charge < -0.3 is 26.1 Å². The second kappa shape index (κ2) is 9.62. The Morgan fingerprint density at radius 1 is 1.18 bits per heavy atom. The molecule has 132 valence electrons. The Bertz CT molecular complexity index is 332. The van der Waals surface area contributed by atoms with Gasteiger partial charge in [-0.15, -0.1) is 0 Å². The van der Waals surface area contributed by atoms with Crippen molar-refractivity contribution in [2.75, 3.05) is 33.7 Å². The van der Waals surface area contributed by atoms with E-state index in [1.165, 1.54) is 0 Å². The second-order valence-corrected chi connectivity index (χ2v) is 12.1. The van der Waals surface area contributed by atoms with E-state index in [1.54, 1.807) is 0 Å². The molecule has 2 atom stereocenters. The Hall–Kier alpha value is -0.473. The van der Waals surface area contributed by atoms with Crippen LogP contribution >= 0.6 is 0 Å². The van der Waals surface area contributed by atoms with Gasteiger partial charge in [-0.2, -0.15) is 0 Å². The third-order valence-electron chi connectivity index (χ3n) is 4.23. The molecule has 0 aliphatic heterocycles. The lowest BCUT2D eigenvalue weighted by atomic mass is 10.1. The van der Waals surface area contributed by atoms with Gasteiger partial charge in [0.25, 0.3) is 0 Å². The fourth-order valence-corrected chi connectivity index (χ4v) is 3.19. The summed E-state index contributed by atoms with van der Waals surface area (Å²) < 4.78 is 6.39. The van der Waals surface area contributed by atoms with Gasteiger partial charge in [-0.3, -0.25) is 4.79 Å². The van der Waals surface area contributed by atoms with Crippen LogP contribution in [0.4, 0.5) is 0 Å². The number of carbonyl (C=O) groups excluding carboxylic acids is 1. The molecule has 0 aliphatic carbocycles. The monoisotopic (exact) mass is 332 g/mol. The number of hydrogen-bond acceptors (Lipinski definition) is 5. The van der Waals surface area contributed by atoms with Crippen molar-refractivity contribution >= 4 is 14.2 Å². The van der Waals surface area contributed by atoms with Crippen LogP contribution in [-0.4, -0.2) is 60.1 Å². The van der Waals surface area contributed by atoms with E-state index in [4.69, 9.17) is 10.2 Å². The van der Waals surface area contributed by atoms with E-state index < -0.39 is 14.4 Å². The summed E-state index contributed by atoms with van der Waals surface area (Å²) >= 11 is 0. The molecule has 0 saturated heterocycles. The van der Waals surface area contributed by atoms with Crippen molar-refractivity contribution in [3.05, 3.63) is 0 Å². The standard InChI is InChI=1S/C15H36N4O2Si/c1-15(2,3)22(6,7)21-12(11-18-5)10-13(16)14(20)19-9-8-17-4/h12-13,17-18H,8-11,16H2,1-7H3,(H,19,20)/t12-,13+/m1/s1. The number of rotatable bonds is 10. The average molecular weight is 333 g/mol. The molecule has 0 heterocycles. The van der Waals surface area contributed by atoms with Crippen molar-refractivity contribution in [1.29, 1.82) is 0 Å². The van der Waals surface area contributed by atoms with Crippen molar-refractivity contribution in [3.63, 3.8) is 0 Å². The molecule has 0 radical (unpaired) electrons. The van der Waals surface area contributed by atoms with Gasteiger partial charge in [0.2, 0.25) is 5.91 Å². The van der Waals surface area contributed by atoms with Gasteiger partial charge in [0, 0.05) is 19.6 Å². The summed E-state index contributed by atoms with van der Waals surface area (Å²) in [4.78, 5) is 12.0. The maximum atomic E-state index is 12.0. The van der Waals surface area contributed by atoms with Crippen LogP contribution in [0, 0.1) is 0 Å². The molecule has 0 saturated carbocycles. The van der Waals surface area contributed by atoms with E-state index >= 15 is 0 Å². The molecule has 0 rings (SSSR count). The molecule has 7 heteroatoms. The summed E-state index contributed by atoms with van der Waals surface area (Å²) in [6.45, 7) is 13.1. The molecule has 0 aromatic carbocycles. The number of nitrogens with two attached hydrogens (primary N) is 1. The first-order valence-electron chi connectivity index (χ1n) is 8.05. The Morgan fingerprint density at radius 2 is 1.77 bits per heavy atom. The van der Waals surface area contributed by atoms with Crippen LogP contribution in [-0.2, 0) is 9.22 Å². The Labute approximate surface area is 137 Å². The van der Waals surface area contributed by atoms with Crippen LogP contribution in [0.1, 0.15) is 27.2 Å². The number of amides is 1. The molecule has 6 nitrogen and oxygen atoms in total. The maximum Gasteiger partial charge on any atom is 0.237 e. The predicted octanol–water partition coefficient (Wildman–Crippen LogP) is 0.649. The quantitative estimate of drug-likeness (QED) is 0.348. The Kier molecular flexibility index (Phi) is 9.41. The van der Waals surface area contributed by atoms with Gasteiger partial charge in [0.1, 0.15) is 0 Å². The van der Waals surface area contributed by atoms with Crippen LogP contribution in [0.15, 0.2) is 0 Å².